The molecule has 0 radical (unpaired) electrons. The van der Waals surface area contributed by atoms with Crippen LogP contribution in [0.25, 0.3) is 22.3 Å². The molecule has 0 saturated heterocycles. The Hall–Kier alpha value is -3.59. The van der Waals surface area contributed by atoms with Gasteiger partial charge in [-0.05, 0) is 25.0 Å². The number of pyridine rings is 1. The third-order valence-electron chi connectivity index (χ3n) is 5.18. The number of carbonyl (C=O) groups excluding carboxylic acids is 2. The van der Waals surface area contributed by atoms with Crippen molar-refractivity contribution in [3.8, 4) is 11.4 Å². The van der Waals surface area contributed by atoms with Gasteiger partial charge in [0, 0.05) is 11.8 Å². The molecule has 1 atom stereocenters. The van der Waals surface area contributed by atoms with E-state index in [1.165, 1.54) is 11.3 Å². The molecule has 32 heavy (non-hydrogen) atoms. The number of para-hydroxylation sites is 1. The van der Waals surface area contributed by atoms with Crippen LogP contribution in [0.15, 0.2) is 54.3 Å². The zero-order valence-corrected chi connectivity index (χ0v) is 18.3. The highest BCUT2D eigenvalue weighted by atomic mass is 32.1. The quantitative estimate of drug-likeness (QED) is 0.316. The molecular weight excluding hydrogens is 424 g/mol. The highest BCUT2D eigenvalue weighted by Crippen LogP contribution is 2.24. The Kier molecular flexibility index (Phi) is 6.86. The molecule has 0 fully saturated rings. The average Bonchev–Trinajstić information content (AvgIpc) is 3.50. The number of rotatable bonds is 10. The summed E-state index contributed by atoms with van der Waals surface area (Å²) in [6.45, 7) is 0. The molecule has 0 bridgehead atoms. The largest absolute Gasteiger partial charge is 0.370 e. The summed E-state index contributed by atoms with van der Waals surface area (Å²) in [6, 6.07) is 11.6. The summed E-state index contributed by atoms with van der Waals surface area (Å²) in [6.07, 6.45) is 6.75. The molecule has 0 spiro atoms. The lowest BCUT2D eigenvalue weighted by Gasteiger charge is -2.16. The number of unbranched alkanes of at least 4 members (excludes halogenated alkanes) is 2. The number of aromatic amines is 1. The number of benzene rings is 1. The Balaban J connectivity index is 1.51. The monoisotopic (exact) mass is 448 g/mol. The van der Waals surface area contributed by atoms with Crippen molar-refractivity contribution in [1.82, 2.24) is 25.3 Å². The smallest absolute Gasteiger partial charge is 0.263 e. The summed E-state index contributed by atoms with van der Waals surface area (Å²) in [5.41, 5.74) is 9.33. The van der Waals surface area contributed by atoms with Crippen LogP contribution in [0, 0.1) is 0 Å². The van der Waals surface area contributed by atoms with Crippen LogP contribution in [-0.2, 0) is 4.79 Å². The number of nitrogens with two attached hydrogens (primary N) is 1. The zero-order chi connectivity index (χ0) is 22.3. The number of carbonyl (C=O) groups is 2. The van der Waals surface area contributed by atoms with Gasteiger partial charge in [-0.3, -0.25) is 14.6 Å². The van der Waals surface area contributed by atoms with Crippen LogP contribution in [0.4, 0.5) is 0 Å². The van der Waals surface area contributed by atoms with Gasteiger partial charge in [-0.25, -0.2) is 9.97 Å². The topological polar surface area (TPSA) is 127 Å². The predicted octanol–water partition coefficient (Wildman–Crippen LogP) is 3.99. The summed E-state index contributed by atoms with van der Waals surface area (Å²) >= 11 is 1.29. The first-order valence-electron chi connectivity index (χ1n) is 10.5. The summed E-state index contributed by atoms with van der Waals surface area (Å²) in [5, 5.41) is 4.13. The van der Waals surface area contributed by atoms with Gasteiger partial charge in [0.15, 0.2) is 0 Å². The van der Waals surface area contributed by atoms with Crippen LogP contribution >= 0.6 is 11.3 Å². The SMILES string of the molecule is NC(=O)CCCCC[C@H](NC(=O)c1cncs1)c1ncc(-c2ccc3ccccc3n2)[nH]1. The second-order valence-electron chi connectivity index (χ2n) is 7.53. The molecule has 4 rings (SSSR count). The van der Waals surface area contributed by atoms with E-state index < -0.39 is 0 Å². The Bertz CT molecular complexity index is 1200. The average molecular weight is 449 g/mol. The molecule has 164 valence electrons. The van der Waals surface area contributed by atoms with Crippen molar-refractivity contribution in [1.29, 1.82) is 0 Å². The Morgan fingerprint density at radius 3 is 2.78 bits per heavy atom. The third-order valence-corrected chi connectivity index (χ3v) is 5.95. The van der Waals surface area contributed by atoms with Crippen molar-refractivity contribution in [2.45, 2.75) is 38.1 Å². The Labute approximate surface area is 189 Å². The fraction of sp³-hybridized carbons (Fsp3) is 0.261. The van der Waals surface area contributed by atoms with Crippen molar-refractivity contribution in [2.24, 2.45) is 5.73 Å². The maximum absolute atomic E-state index is 12.6. The van der Waals surface area contributed by atoms with Crippen LogP contribution in [0.3, 0.4) is 0 Å². The van der Waals surface area contributed by atoms with E-state index in [4.69, 9.17) is 10.7 Å². The number of hydrogen-bond donors (Lipinski definition) is 3. The van der Waals surface area contributed by atoms with E-state index in [0.717, 1.165) is 41.6 Å². The van der Waals surface area contributed by atoms with Crippen LogP contribution in [0.2, 0.25) is 0 Å². The Morgan fingerprint density at radius 2 is 1.97 bits per heavy atom. The summed E-state index contributed by atoms with van der Waals surface area (Å²) in [5.74, 6) is 0.192. The van der Waals surface area contributed by atoms with E-state index in [0.29, 0.717) is 23.5 Å². The van der Waals surface area contributed by atoms with E-state index >= 15 is 0 Å². The molecule has 3 heterocycles. The lowest BCUT2D eigenvalue weighted by molar-refractivity contribution is -0.118. The molecule has 0 aliphatic heterocycles. The van der Waals surface area contributed by atoms with Gasteiger partial charge in [0.2, 0.25) is 5.91 Å². The second kappa shape index (κ2) is 10.1. The molecule has 1 aromatic carbocycles. The lowest BCUT2D eigenvalue weighted by atomic mass is 10.1. The van der Waals surface area contributed by atoms with Crippen molar-refractivity contribution < 1.29 is 9.59 Å². The van der Waals surface area contributed by atoms with E-state index in [-0.39, 0.29) is 17.9 Å². The molecule has 8 nitrogen and oxygen atoms in total. The van der Waals surface area contributed by atoms with Crippen molar-refractivity contribution >= 4 is 34.1 Å². The minimum atomic E-state index is -0.299. The van der Waals surface area contributed by atoms with Crippen LogP contribution < -0.4 is 11.1 Å². The maximum atomic E-state index is 12.6. The van der Waals surface area contributed by atoms with Gasteiger partial charge in [0.25, 0.3) is 5.91 Å². The summed E-state index contributed by atoms with van der Waals surface area (Å²) in [7, 11) is 0. The molecule has 0 saturated carbocycles. The molecule has 0 aliphatic carbocycles. The van der Waals surface area contributed by atoms with Crippen LogP contribution in [0.1, 0.15) is 53.6 Å². The summed E-state index contributed by atoms with van der Waals surface area (Å²) in [4.78, 5) is 40.7. The van der Waals surface area contributed by atoms with Gasteiger partial charge in [0.05, 0.1) is 40.9 Å². The standard InChI is InChI=1S/C23H24N6O2S/c24-21(30)9-3-1-2-8-18(29-23(31)20-13-25-14-32-20)22-26-12-19(28-22)17-11-10-15-6-4-5-7-16(15)27-17/h4-7,10-14,18H,1-3,8-9H2,(H2,24,30)(H,26,28)(H,29,31)/t18-/m0/s1. The second-order valence-corrected chi connectivity index (χ2v) is 8.42. The number of nitrogens with one attached hydrogen (secondary N) is 2. The number of nitrogens with zero attached hydrogens (tertiary/aromatic N) is 3. The molecule has 9 heteroatoms. The van der Waals surface area contributed by atoms with Gasteiger partial charge >= 0.3 is 0 Å². The molecule has 3 aromatic heterocycles. The van der Waals surface area contributed by atoms with Crippen molar-refractivity contribution in [2.75, 3.05) is 0 Å². The number of H-pyrrole nitrogens is 1. The van der Waals surface area contributed by atoms with Crippen molar-refractivity contribution in [3.05, 3.63) is 65.0 Å². The van der Waals surface area contributed by atoms with E-state index in [1.807, 2.05) is 36.4 Å². The van der Waals surface area contributed by atoms with Gasteiger partial charge in [-0.2, -0.15) is 0 Å². The van der Waals surface area contributed by atoms with E-state index in [1.54, 1.807) is 17.9 Å². The predicted molar refractivity (Wildman–Crippen MR) is 124 cm³/mol. The maximum Gasteiger partial charge on any atom is 0.263 e. The number of imidazole rings is 1. The number of aromatic nitrogens is 4. The number of fused-ring (bicyclic) bond motifs is 1. The van der Waals surface area contributed by atoms with Gasteiger partial charge in [-0.1, -0.05) is 37.1 Å². The normalized spacial score (nSPS) is 12.0. The zero-order valence-electron chi connectivity index (χ0n) is 17.5. The van der Waals surface area contributed by atoms with Gasteiger partial charge < -0.3 is 16.0 Å². The third kappa shape index (κ3) is 5.36. The Morgan fingerprint density at radius 1 is 1.09 bits per heavy atom. The molecule has 2 amide bonds. The number of thiazole rings is 1. The number of hydrogen-bond acceptors (Lipinski definition) is 6. The lowest BCUT2D eigenvalue weighted by Crippen LogP contribution is -2.28. The first kappa shape index (κ1) is 21.6. The first-order chi connectivity index (χ1) is 15.6. The fourth-order valence-electron chi connectivity index (χ4n) is 3.52. The highest BCUT2D eigenvalue weighted by Gasteiger charge is 2.20. The minimum Gasteiger partial charge on any atom is -0.370 e. The highest BCUT2D eigenvalue weighted by molar-refractivity contribution is 7.11. The molecule has 0 aliphatic rings. The molecule has 4 N–H and O–H groups in total. The van der Waals surface area contributed by atoms with E-state index in [9.17, 15) is 9.59 Å². The van der Waals surface area contributed by atoms with Crippen molar-refractivity contribution in [3.63, 3.8) is 0 Å². The molecule has 4 aromatic rings. The molecule has 0 unspecified atom stereocenters. The number of primary amides is 1. The van der Waals surface area contributed by atoms with E-state index in [2.05, 4.69) is 20.3 Å². The molecular formula is C23H24N6O2S. The van der Waals surface area contributed by atoms with Crippen LogP contribution in [0.5, 0.6) is 0 Å². The summed E-state index contributed by atoms with van der Waals surface area (Å²) < 4.78 is 0. The first-order valence-corrected chi connectivity index (χ1v) is 11.4. The van der Waals surface area contributed by atoms with Crippen LogP contribution in [-0.4, -0.2) is 31.8 Å². The fourth-order valence-corrected chi connectivity index (χ4v) is 4.04. The number of amides is 2. The van der Waals surface area contributed by atoms with Gasteiger partial charge in [-0.15, -0.1) is 11.3 Å². The minimum absolute atomic E-state index is 0.184. The van der Waals surface area contributed by atoms with Gasteiger partial charge in [0.1, 0.15) is 10.7 Å².